The normalized spacial score (nSPS) is 27.3. The number of hydrogen-bond acceptors (Lipinski definition) is 4. The molecule has 1 fully saturated rings. The van der Waals surface area contributed by atoms with Crippen LogP contribution in [0.15, 0.2) is 5.38 Å². The van der Waals surface area contributed by atoms with E-state index in [1.54, 1.807) is 0 Å². The van der Waals surface area contributed by atoms with Crippen LogP contribution in [0.2, 0.25) is 0 Å². The van der Waals surface area contributed by atoms with Gasteiger partial charge < -0.3 is 10.6 Å². The van der Waals surface area contributed by atoms with Gasteiger partial charge >= 0.3 is 0 Å². The van der Waals surface area contributed by atoms with Gasteiger partial charge in [0.25, 0.3) is 0 Å². The van der Waals surface area contributed by atoms with E-state index in [1.807, 2.05) is 11.3 Å². The van der Waals surface area contributed by atoms with Gasteiger partial charge in [-0.1, -0.05) is 27.7 Å². The van der Waals surface area contributed by atoms with Crippen LogP contribution in [-0.4, -0.2) is 24.1 Å². The molecule has 0 bridgehead atoms. The van der Waals surface area contributed by atoms with E-state index in [0.29, 0.717) is 12.0 Å². The summed E-state index contributed by atoms with van der Waals surface area (Å²) in [5.74, 6) is 0.604. The molecule has 0 aromatic carbocycles. The average molecular weight is 310 g/mol. The van der Waals surface area contributed by atoms with Crippen molar-refractivity contribution in [3.63, 3.8) is 0 Å². The summed E-state index contributed by atoms with van der Waals surface area (Å²) in [5, 5.41) is 11.0. The molecule has 4 heteroatoms. The minimum atomic E-state index is 0.0440. The largest absolute Gasteiger partial charge is 0.316 e. The Hall–Kier alpha value is -0.450. The molecule has 0 spiro atoms. The van der Waals surface area contributed by atoms with Crippen LogP contribution in [0, 0.1) is 5.92 Å². The Morgan fingerprint density at radius 3 is 2.71 bits per heavy atom. The molecular weight excluding hydrogens is 278 g/mol. The van der Waals surface area contributed by atoms with Gasteiger partial charge in [0.05, 0.1) is 11.2 Å². The molecule has 21 heavy (non-hydrogen) atoms. The van der Waals surface area contributed by atoms with E-state index in [9.17, 15) is 0 Å². The molecule has 1 aromatic heterocycles. The second-order valence-electron chi connectivity index (χ2n) is 7.62. The highest BCUT2D eigenvalue weighted by molar-refractivity contribution is 7.09. The summed E-state index contributed by atoms with van der Waals surface area (Å²) in [4.78, 5) is 5.06. The van der Waals surface area contributed by atoms with Gasteiger partial charge in [-0.25, -0.2) is 4.98 Å². The quantitative estimate of drug-likeness (QED) is 0.891. The number of piperidine rings is 1. The molecule has 2 heterocycles. The maximum atomic E-state index is 5.06. The van der Waals surface area contributed by atoms with Crippen molar-refractivity contribution in [2.45, 2.75) is 71.4 Å². The van der Waals surface area contributed by atoms with Crippen molar-refractivity contribution < 1.29 is 0 Å². The summed E-state index contributed by atoms with van der Waals surface area (Å²) < 4.78 is 0. The first-order valence-electron chi connectivity index (χ1n) is 8.24. The predicted molar refractivity (Wildman–Crippen MR) is 92.0 cm³/mol. The Labute approximate surface area is 133 Å². The van der Waals surface area contributed by atoms with E-state index in [1.165, 1.54) is 17.1 Å². The maximum absolute atomic E-state index is 5.06. The van der Waals surface area contributed by atoms with Crippen molar-refractivity contribution in [2.75, 3.05) is 13.1 Å². The van der Waals surface area contributed by atoms with Crippen molar-refractivity contribution in [3.8, 4) is 0 Å². The minimum Gasteiger partial charge on any atom is -0.316 e. The summed E-state index contributed by atoms with van der Waals surface area (Å²) >= 11 is 1.84. The maximum Gasteiger partial charge on any atom is 0.113 e. The van der Waals surface area contributed by atoms with Crippen LogP contribution in [-0.2, 0) is 11.0 Å². The van der Waals surface area contributed by atoms with E-state index in [2.05, 4.69) is 57.6 Å². The number of nitrogens with one attached hydrogen (secondary N) is 2. The molecule has 0 amide bonds. The smallest absolute Gasteiger partial charge is 0.113 e. The molecule has 2 rings (SSSR count). The molecule has 2 atom stereocenters. The van der Waals surface area contributed by atoms with Crippen molar-refractivity contribution in [3.05, 3.63) is 16.1 Å². The van der Waals surface area contributed by atoms with E-state index < -0.39 is 0 Å². The number of rotatable bonds is 4. The first kappa shape index (κ1) is 16.9. The number of hydrogen-bond donors (Lipinski definition) is 2. The Kier molecular flexibility index (Phi) is 5.11. The molecule has 1 saturated heterocycles. The van der Waals surface area contributed by atoms with Crippen LogP contribution in [0.25, 0.3) is 0 Å². The van der Waals surface area contributed by atoms with Crippen molar-refractivity contribution in [1.82, 2.24) is 15.6 Å². The second kappa shape index (κ2) is 6.35. The average Bonchev–Trinajstić information content (AvgIpc) is 2.88. The third kappa shape index (κ3) is 3.49. The fraction of sp³-hybridized carbons (Fsp3) is 0.824. The first-order valence-corrected chi connectivity index (χ1v) is 9.12. The van der Waals surface area contributed by atoms with Crippen LogP contribution in [0.3, 0.4) is 0 Å². The second-order valence-corrected chi connectivity index (χ2v) is 8.48. The molecule has 0 saturated carbocycles. The fourth-order valence-electron chi connectivity index (χ4n) is 3.30. The zero-order valence-electron chi connectivity index (χ0n) is 14.4. The predicted octanol–water partition coefficient (Wildman–Crippen LogP) is 3.65. The van der Waals surface area contributed by atoms with Crippen LogP contribution >= 0.6 is 11.3 Å². The molecule has 3 nitrogen and oxygen atoms in total. The summed E-state index contributed by atoms with van der Waals surface area (Å²) in [6, 6.07) is 0.471. The monoisotopic (exact) mass is 309 g/mol. The third-order valence-electron chi connectivity index (χ3n) is 4.48. The van der Waals surface area contributed by atoms with Crippen molar-refractivity contribution >= 4 is 11.3 Å². The van der Waals surface area contributed by atoms with Crippen molar-refractivity contribution in [2.24, 2.45) is 5.92 Å². The van der Waals surface area contributed by atoms with E-state index in [0.717, 1.165) is 19.5 Å². The number of nitrogens with zero attached hydrogens (tertiary/aromatic N) is 1. The minimum absolute atomic E-state index is 0.0440. The molecule has 1 aliphatic heterocycles. The van der Waals surface area contributed by atoms with Gasteiger partial charge in [0.1, 0.15) is 5.01 Å². The Bertz CT molecular complexity index is 461. The van der Waals surface area contributed by atoms with E-state index in [4.69, 9.17) is 4.98 Å². The highest BCUT2D eigenvalue weighted by Crippen LogP contribution is 2.40. The Morgan fingerprint density at radius 2 is 2.19 bits per heavy atom. The summed E-state index contributed by atoms with van der Waals surface area (Å²) in [6.45, 7) is 15.7. The Morgan fingerprint density at radius 1 is 1.48 bits per heavy atom. The molecule has 120 valence electrons. The van der Waals surface area contributed by atoms with Crippen LogP contribution < -0.4 is 10.6 Å². The van der Waals surface area contributed by atoms with E-state index >= 15 is 0 Å². The number of aromatic nitrogens is 1. The van der Waals surface area contributed by atoms with Gasteiger partial charge in [-0.2, -0.15) is 0 Å². The van der Waals surface area contributed by atoms with Gasteiger partial charge in [-0.05, 0) is 39.2 Å². The SMILES string of the molecule is CCC1CNCCC1(NC(C)C)c1nc(C(C)(C)C)cs1. The van der Waals surface area contributed by atoms with Crippen molar-refractivity contribution in [1.29, 1.82) is 0 Å². The molecular formula is C17H31N3S. The summed E-state index contributed by atoms with van der Waals surface area (Å²) in [5.41, 5.74) is 1.39. The molecule has 0 aliphatic carbocycles. The topological polar surface area (TPSA) is 37.0 Å². The highest BCUT2D eigenvalue weighted by atomic mass is 32.1. The van der Waals surface area contributed by atoms with Crippen LogP contribution in [0.5, 0.6) is 0 Å². The summed E-state index contributed by atoms with van der Waals surface area (Å²) in [7, 11) is 0. The van der Waals surface area contributed by atoms with Gasteiger partial charge in [0.2, 0.25) is 0 Å². The third-order valence-corrected chi connectivity index (χ3v) is 5.50. The lowest BCUT2D eigenvalue weighted by atomic mass is 9.76. The number of thiazole rings is 1. The van der Waals surface area contributed by atoms with Gasteiger partial charge in [0.15, 0.2) is 0 Å². The lowest BCUT2D eigenvalue weighted by Crippen LogP contribution is -2.58. The van der Waals surface area contributed by atoms with Crippen LogP contribution in [0.4, 0.5) is 0 Å². The summed E-state index contributed by atoms with van der Waals surface area (Å²) in [6.07, 6.45) is 2.30. The molecule has 1 aromatic rings. The molecule has 1 aliphatic rings. The van der Waals surface area contributed by atoms with Gasteiger partial charge in [-0.15, -0.1) is 11.3 Å². The lowest BCUT2D eigenvalue weighted by Gasteiger charge is -2.45. The van der Waals surface area contributed by atoms with Gasteiger partial charge in [-0.3, -0.25) is 0 Å². The zero-order chi connectivity index (χ0) is 15.7. The molecule has 2 unspecified atom stereocenters. The van der Waals surface area contributed by atoms with Crippen LogP contribution in [0.1, 0.15) is 65.1 Å². The van der Waals surface area contributed by atoms with E-state index in [-0.39, 0.29) is 11.0 Å². The molecule has 0 radical (unpaired) electrons. The Balaban J connectivity index is 2.41. The standard InChI is InChI=1S/C17H31N3S/c1-7-13-10-18-9-8-17(13,20-12(2)3)15-19-14(11-21-15)16(4,5)6/h11-13,18,20H,7-10H2,1-6H3. The first-order chi connectivity index (χ1) is 9.79. The van der Waals surface area contributed by atoms with Gasteiger partial charge in [0, 0.05) is 23.4 Å². The zero-order valence-corrected chi connectivity index (χ0v) is 15.2. The molecule has 2 N–H and O–H groups in total. The lowest BCUT2D eigenvalue weighted by molar-refractivity contribution is 0.137. The highest BCUT2D eigenvalue weighted by Gasteiger charge is 2.44. The fourth-order valence-corrected chi connectivity index (χ4v) is 4.62.